The number of amides is 1. The molecule has 0 spiro atoms. The van der Waals surface area contributed by atoms with Crippen LogP contribution in [0.25, 0.3) is 0 Å². The van der Waals surface area contributed by atoms with Crippen LogP contribution in [-0.2, 0) is 10.4 Å². The van der Waals surface area contributed by atoms with Crippen molar-refractivity contribution in [3.8, 4) is 0 Å². The molecule has 0 heterocycles. The van der Waals surface area contributed by atoms with Gasteiger partial charge in [0, 0.05) is 23.4 Å². The van der Waals surface area contributed by atoms with Gasteiger partial charge in [0.05, 0.1) is 6.54 Å². The van der Waals surface area contributed by atoms with Crippen molar-refractivity contribution < 1.29 is 19.1 Å². The topological polar surface area (TPSA) is 66.4 Å². The van der Waals surface area contributed by atoms with Gasteiger partial charge >= 0.3 is 0 Å². The summed E-state index contributed by atoms with van der Waals surface area (Å²) in [7, 11) is 0. The van der Waals surface area contributed by atoms with E-state index in [-0.39, 0.29) is 31.1 Å². The van der Waals surface area contributed by atoms with Crippen molar-refractivity contribution in [2.45, 2.75) is 31.8 Å². The molecule has 2 aromatic rings. The minimum Gasteiger partial charge on any atom is -0.384 e. The van der Waals surface area contributed by atoms with Gasteiger partial charge in [-0.15, -0.1) is 0 Å². The molecule has 4 nitrogen and oxygen atoms in total. The second-order valence-corrected chi connectivity index (χ2v) is 6.78. The van der Waals surface area contributed by atoms with Crippen LogP contribution in [0.5, 0.6) is 0 Å². The quantitative estimate of drug-likeness (QED) is 0.686. The fourth-order valence-corrected chi connectivity index (χ4v) is 2.59. The normalized spacial score (nSPS) is 13.1. The van der Waals surface area contributed by atoms with Gasteiger partial charge in [-0.1, -0.05) is 23.7 Å². The largest absolute Gasteiger partial charge is 0.384 e. The van der Waals surface area contributed by atoms with Gasteiger partial charge in [-0.25, -0.2) is 4.39 Å². The molecule has 0 bridgehead atoms. The molecule has 0 aliphatic heterocycles. The minimum absolute atomic E-state index is 0.0549. The first kappa shape index (κ1) is 20.1. The van der Waals surface area contributed by atoms with Crippen LogP contribution in [0.4, 0.5) is 4.39 Å². The SMILES string of the molecule is CC(O)(CNC(=O)CCCC(=O)c1ccc(F)cc1)c1ccc(Cl)cc1. The number of nitrogens with one attached hydrogen (secondary N) is 1. The Morgan fingerprint density at radius 1 is 1.08 bits per heavy atom. The molecule has 2 aromatic carbocycles. The van der Waals surface area contributed by atoms with Crippen molar-refractivity contribution in [1.82, 2.24) is 5.32 Å². The Bertz CT molecular complexity index is 758. The average Bonchev–Trinajstić information content (AvgIpc) is 2.61. The number of rotatable bonds is 8. The highest BCUT2D eigenvalue weighted by molar-refractivity contribution is 6.30. The summed E-state index contributed by atoms with van der Waals surface area (Å²) in [6, 6.07) is 12.1. The average molecular weight is 378 g/mol. The van der Waals surface area contributed by atoms with Crippen LogP contribution in [0.2, 0.25) is 5.02 Å². The van der Waals surface area contributed by atoms with E-state index < -0.39 is 11.4 Å². The predicted octanol–water partition coefficient (Wildman–Crippen LogP) is 3.86. The molecule has 0 saturated heterocycles. The van der Waals surface area contributed by atoms with Crippen LogP contribution in [0.1, 0.15) is 42.1 Å². The Labute approximate surface area is 157 Å². The standard InChI is InChI=1S/C20H21ClFNO3/c1-20(26,15-7-9-16(21)10-8-15)13-23-19(25)4-2-3-18(24)14-5-11-17(22)12-6-14/h5-12,26H,2-4,13H2,1H3,(H,23,25). The number of hydrogen-bond acceptors (Lipinski definition) is 3. The van der Waals surface area contributed by atoms with Gasteiger partial charge < -0.3 is 10.4 Å². The highest BCUT2D eigenvalue weighted by atomic mass is 35.5. The smallest absolute Gasteiger partial charge is 0.220 e. The summed E-state index contributed by atoms with van der Waals surface area (Å²) in [5.74, 6) is -0.772. The van der Waals surface area contributed by atoms with Crippen LogP contribution < -0.4 is 5.32 Å². The maximum absolute atomic E-state index is 12.8. The summed E-state index contributed by atoms with van der Waals surface area (Å²) in [5, 5.41) is 13.7. The molecule has 0 aliphatic carbocycles. The molecule has 0 aliphatic rings. The Morgan fingerprint density at radius 3 is 2.31 bits per heavy atom. The van der Waals surface area contributed by atoms with Crippen LogP contribution in [-0.4, -0.2) is 23.3 Å². The van der Waals surface area contributed by atoms with Crippen molar-refractivity contribution in [3.05, 3.63) is 70.5 Å². The van der Waals surface area contributed by atoms with E-state index in [0.717, 1.165) is 0 Å². The molecule has 0 aromatic heterocycles. The third-order valence-corrected chi connectivity index (χ3v) is 4.32. The summed E-state index contributed by atoms with van der Waals surface area (Å²) in [6.45, 7) is 1.66. The second-order valence-electron chi connectivity index (χ2n) is 6.34. The summed E-state index contributed by atoms with van der Waals surface area (Å²) in [6.07, 6.45) is 0.751. The van der Waals surface area contributed by atoms with Gasteiger partial charge in [0.25, 0.3) is 0 Å². The maximum Gasteiger partial charge on any atom is 0.220 e. The first-order valence-electron chi connectivity index (χ1n) is 8.32. The zero-order valence-electron chi connectivity index (χ0n) is 14.5. The van der Waals surface area contributed by atoms with E-state index in [1.807, 2.05) is 0 Å². The van der Waals surface area contributed by atoms with Gasteiger partial charge in [-0.2, -0.15) is 0 Å². The lowest BCUT2D eigenvalue weighted by atomic mass is 9.96. The van der Waals surface area contributed by atoms with E-state index in [2.05, 4.69) is 5.32 Å². The van der Waals surface area contributed by atoms with Crippen LogP contribution >= 0.6 is 11.6 Å². The molecule has 1 atom stereocenters. The van der Waals surface area contributed by atoms with Crippen LogP contribution in [0.3, 0.4) is 0 Å². The number of carbonyl (C=O) groups is 2. The van der Waals surface area contributed by atoms with Crippen LogP contribution in [0, 0.1) is 5.82 Å². The molecule has 2 N–H and O–H groups in total. The van der Waals surface area contributed by atoms with Gasteiger partial charge in [0.2, 0.25) is 5.91 Å². The highest BCUT2D eigenvalue weighted by Crippen LogP contribution is 2.21. The van der Waals surface area contributed by atoms with Crippen molar-refractivity contribution >= 4 is 23.3 Å². The number of hydrogen-bond donors (Lipinski definition) is 2. The van der Waals surface area contributed by atoms with E-state index in [0.29, 0.717) is 22.6 Å². The Hall–Kier alpha value is -2.24. The van der Waals surface area contributed by atoms with Gasteiger partial charge in [0.1, 0.15) is 11.4 Å². The summed E-state index contributed by atoms with van der Waals surface area (Å²) in [4.78, 5) is 23.9. The monoisotopic (exact) mass is 377 g/mol. The molecule has 0 fully saturated rings. The number of benzene rings is 2. The van der Waals surface area contributed by atoms with E-state index in [1.54, 1.807) is 31.2 Å². The molecule has 26 heavy (non-hydrogen) atoms. The third kappa shape index (κ3) is 5.93. The van der Waals surface area contributed by atoms with E-state index in [1.165, 1.54) is 24.3 Å². The van der Waals surface area contributed by atoms with E-state index in [4.69, 9.17) is 11.6 Å². The highest BCUT2D eigenvalue weighted by Gasteiger charge is 2.23. The number of Topliss-reactive ketones (excluding diaryl/α,β-unsaturated/α-hetero) is 1. The lowest BCUT2D eigenvalue weighted by Gasteiger charge is -2.24. The zero-order valence-corrected chi connectivity index (χ0v) is 15.2. The van der Waals surface area contributed by atoms with Gasteiger partial charge in [-0.3, -0.25) is 9.59 Å². The fraction of sp³-hybridized carbons (Fsp3) is 0.300. The lowest BCUT2D eigenvalue weighted by Crippen LogP contribution is -2.38. The fourth-order valence-electron chi connectivity index (χ4n) is 2.46. The second kappa shape index (κ2) is 8.92. The molecular formula is C20H21ClFNO3. The Kier molecular flexibility index (Phi) is 6.89. The summed E-state index contributed by atoms with van der Waals surface area (Å²) in [5.41, 5.74) is -0.143. The lowest BCUT2D eigenvalue weighted by molar-refractivity contribution is -0.122. The molecule has 6 heteroatoms. The van der Waals surface area contributed by atoms with Crippen molar-refractivity contribution in [3.63, 3.8) is 0 Å². The molecule has 2 rings (SSSR count). The zero-order chi connectivity index (χ0) is 19.2. The molecule has 138 valence electrons. The van der Waals surface area contributed by atoms with Gasteiger partial charge in [-0.05, 0) is 55.3 Å². The number of carbonyl (C=O) groups excluding carboxylic acids is 2. The first-order valence-corrected chi connectivity index (χ1v) is 8.69. The van der Waals surface area contributed by atoms with E-state index in [9.17, 15) is 19.1 Å². The number of halogens is 2. The third-order valence-electron chi connectivity index (χ3n) is 4.07. The molecular weight excluding hydrogens is 357 g/mol. The maximum atomic E-state index is 12.8. The van der Waals surface area contributed by atoms with Crippen LogP contribution in [0.15, 0.2) is 48.5 Å². The van der Waals surface area contributed by atoms with Gasteiger partial charge in [0.15, 0.2) is 5.78 Å². The van der Waals surface area contributed by atoms with E-state index >= 15 is 0 Å². The Morgan fingerprint density at radius 2 is 1.69 bits per heavy atom. The predicted molar refractivity (Wildman–Crippen MR) is 98.6 cm³/mol. The summed E-state index contributed by atoms with van der Waals surface area (Å²) < 4.78 is 12.8. The summed E-state index contributed by atoms with van der Waals surface area (Å²) >= 11 is 5.83. The van der Waals surface area contributed by atoms with Crippen molar-refractivity contribution in [2.75, 3.05) is 6.54 Å². The Balaban J connectivity index is 1.75. The van der Waals surface area contributed by atoms with Crippen molar-refractivity contribution in [2.24, 2.45) is 0 Å². The minimum atomic E-state index is -1.22. The first-order chi connectivity index (χ1) is 12.3. The molecule has 1 amide bonds. The molecule has 0 radical (unpaired) electrons. The number of aliphatic hydroxyl groups is 1. The number of ketones is 1. The van der Waals surface area contributed by atoms with Crippen molar-refractivity contribution in [1.29, 1.82) is 0 Å². The molecule has 1 unspecified atom stereocenters. The molecule has 0 saturated carbocycles.